The molecule has 5 nitrogen and oxygen atoms in total. The van der Waals surface area contributed by atoms with Gasteiger partial charge in [-0.1, -0.05) is 54.6 Å². The van der Waals surface area contributed by atoms with Crippen molar-refractivity contribution in [3.05, 3.63) is 71.3 Å². The fraction of sp³-hybridized carbons (Fsp3) is 0.364. The second kappa shape index (κ2) is 8.71. The fourth-order valence-corrected chi connectivity index (χ4v) is 3.42. The molecule has 1 unspecified atom stereocenters. The molecule has 0 bridgehead atoms. The average Bonchev–Trinajstić information content (AvgIpc) is 3.11. The summed E-state index contributed by atoms with van der Waals surface area (Å²) < 4.78 is 5.17. The molecule has 0 spiro atoms. The minimum Gasteiger partial charge on any atom is -0.445 e. The van der Waals surface area contributed by atoms with Crippen LogP contribution in [0.3, 0.4) is 0 Å². The Morgan fingerprint density at radius 2 is 1.56 bits per heavy atom. The highest BCUT2D eigenvalue weighted by atomic mass is 16.5. The number of alkyl carbamates (subject to hydrolysis) is 1. The van der Waals surface area contributed by atoms with E-state index in [4.69, 9.17) is 4.74 Å². The fourth-order valence-electron chi connectivity index (χ4n) is 3.42. The lowest BCUT2D eigenvalue weighted by Crippen LogP contribution is -2.49. The molecule has 0 saturated carbocycles. The minimum atomic E-state index is -0.653. The molecule has 5 heteroatoms. The van der Waals surface area contributed by atoms with E-state index >= 15 is 0 Å². The quantitative estimate of drug-likeness (QED) is 0.825. The van der Waals surface area contributed by atoms with Crippen LogP contribution in [-0.2, 0) is 29.0 Å². The molecular formula is C22H26N2O3. The van der Waals surface area contributed by atoms with Gasteiger partial charge in [-0.3, -0.25) is 4.79 Å². The number of carbonyl (C=O) groups is 2. The third-order valence-electron chi connectivity index (χ3n) is 5.10. The molecule has 0 aromatic heterocycles. The van der Waals surface area contributed by atoms with Gasteiger partial charge >= 0.3 is 6.09 Å². The van der Waals surface area contributed by atoms with Crippen LogP contribution in [0.1, 0.15) is 30.5 Å². The van der Waals surface area contributed by atoms with Gasteiger partial charge in [0.1, 0.15) is 12.6 Å². The first-order chi connectivity index (χ1) is 13.0. The zero-order chi connectivity index (χ0) is 19.2. The summed E-state index contributed by atoms with van der Waals surface area (Å²) in [5, 5.41) is 5.62. The molecule has 27 heavy (non-hydrogen) atoms. The molecule has 0 radical (unpaired) electrons. The zero-order valence-corrected chi connectivity index (χ0v) is 15.8. The van der Waals surface area contributed by atoms with E-state index in [0.29, 0.717) is 5.92 Å². The molecule has 2 N–H and O–H groups in total. The number of nitrogens with one attached hydrogen (secondary N) is 2. The summed E-state index contributed by atoms with van der Waals surface area (Å²) in [5.41, 5.74) is 3.62. The van der Waals surface area contributed by atoms with Crippen molar-refractivity contribution >= 4 is 12.0 Å². The predicted molar refractivity (Wildman–Crippen MR) is 104 cm³/mol. The average molecular weight is 366 g/mol. The minimum absolute atomic E-state index is 0.0366. The van der Waals surface area contributed by atoms with Crippen LogP contribution < -0.4 is 10.6 Å². The van der Waals surface area contributed by atoms with Crippen LogP contribution in [0.2, 0.25) is 0 Å². The van der Waals surface area contributed by atoms with Crippen molar-refractivity contribution in [1.29, 1.82) is 0 Å². The molecule has 2 aromatic rings. The molecule has 2 atom stereocenters. The molecule has 2 amide bonds. The maximum absolute atomic E-state index is 12.4. The van der Waals surface area contributed by atoms with Crippen LogP contribution in [0.5, 0.6) is 0 Å². The number of amides is 2. The molecule has 1 aliphatic rings. The first-order valence-electron chi connectivity index (χ1n) is 9.37. The van der Waals surface area contributed by atoms with Crippen LogP contribution >= 0.6 is 0 Å². The SMILES string of the molecule is CC(NC(=O)[C@H](C)NC(=O)OCc1ccccc1)C1Cc2ccccc2C1. The van der Waals surface area contributed by atoms with Crippen molar-refractivity contribution in [3.63, 3.8) is 0 Å². The number of ether oxygens (including phenoxy) is 1. The van der Waals surface area contributed by atoms with E-state index in [-0.39, 0.29) is 18.6 Å². The van der Waals surface area contributed by atoms with Crippen molar-refractivity contribution < 1.29 is 14.3 Å². The molecule has 2 aromatic carbocycles. The summed E-state index contributed by atoms with van der Waals surface area (Å²) in [5.74, 6) is 0.179. The highest BCUT2D eigenvalue weighted by molar-refractivity contribution is 5.85. The maximum atomic E-state index is 12.4. The van der Waals surface area contributed by atoms with Crippen molar-refractivity contribution in [1.82, 2.24) is 10.6 Å². The van der Waals surface area contributed by atoms with Gasteiger partial charge in [-0.15, -0.1) is 0 Å². The number of carbonyl (C=O) groups excluding carboxylic acids is 2. The van der Waals surface area contributed by atoms with Gasteiger partial charge in [0.15, 0.2) is 0 Å². The van der Waals surface area contributed by atoms with Crippen molar-refractivity contribution in [2.45, 2.75) is 45.4 Å². The monoisotopic (exact) mass is 366 g/mol. The van der Waals surface area contributed by atoms with Gasteiger partial charge in [-0.2, -0.15) is 0 Å². The summed E-state index contributed by atoms with van der Waals surface area (Å²) in [4.78, 5) is 24.3. The van der Waals surface area contributed by atoms with Gasteiger partial charge in [0.25, 0.3) is 0 Å². The number of hydrogen-bond acceptors (Lipinski definition) is 3. The summed E-state index contributed by atoms with van der Waals surface area (Å²) >= 11 is 0. The van der Waals surface area contributed by atoms with Crippen LogP contribution in [0, 0.1) is 5.92 Å². The highest BCUT2D eigenvalue weighted by Crippen LogP contribution is 2.28. The van der Waals surface area contributed by atoms with E-state index in [1.807, 2.05) is 37.3 Å². The van der Waals surface area contributed by atoms with Crippen LogP contribution in [0.25, 0.3) is 0 Å². The van der Waals surface area contributed by atoms with E-state index in [1.54, 1.807) is 6.92 Å². The number of hydrogen-bond donors (Lipinski definition) is 2. The lowest BCUT2D eigenvalue weighted by molar-refractivity contribution is -0.123. The van der Waals surface area contributed by atoms with Gasteiger partial charge in [-0.05, 0) is 49.3 Å². The Hall–Kier alpha value is -2.82. The lowest BCUT2D eigenvalue weighted by atomic mass is 9.98. The summed E-state index contributed by atoms with van der Waals surface area (Å²) in [6, 6.07) is 17.2. The maximum Gasteiger partial charge on any atom is 0.408 e. The molecule has 3 rings (SSSR count). The Morgan fingerprint density at radius 1 is 0.963 bits per heavy atom. The van der Waals surface area contributed by atoms with Gasteiger partial charge in [0.05, 0.1) is 0 Å². The van der Waals surface area contributed by atoms with Gasteiger partial charge < -0.3 is 15.4 Å². The summed E-state index contributed by atoms with van der Waals surface area (Å²) in [6.45, 7) is 3.86. The van der Waals surface area contributed by atoms with E-state index in [0.717, 1.165) is 18.4 Å². The molecule has 0 aliphatic heterocycles. The summed E-state index contributed by atoms with van der Waals surface area (Å²) in [7, 11) is 0. The second-order valence-corrected chi connectivity index (χ2v) is 7.16. The van der Waals surface area contributed by atoms with E-state index in [9.17, 15) is 9.59 Å². The Balaban J connectivity index is 1.43. The summed E-state index contributed by atoms with van der Waals surface area (Å²) in [6.07, 6.45) is 1.35. The van der Waals surface area contributed by atoms with E-state index in [2.05, 4.69) is 34.9 Å². The normalized spacial score (nSPS) is 15.5. The third kappa shape index (κ3) is 5.09. The zero-order valence-electron chi connectivity index (χ0n) is 15.8. The molecule has 1 aliphatic carbocycles. The van der Waals surface area contributed by atoms with Gasteiger partial charge in [0, 0.05) is 6.04 Å². The number of fused-ring (bicyclic) bond motifs is 1. The van der Waals surface area contributed by atoms with Crippen molar-refractivity contribution in [2.24, 2.45) is 5.92 Å². The molecule has 0 saturated heterocycles. The first kappa shape index (κ1) is 19.0. The standard InChI is InChI=1S/C22H26N2O3/c1-15(20-12-18-10-6-7-11-19(18)13-20)23-21(25)16(2)24-22(26)27-14-17-8-4-3-5-9-17/h3-11,15-16,20H,12-14H2,1-2H3,(H,23,25)(H,24,26)/t15?,16-/m0/s1. The van der Waals surface area contributed by atoms with Gasteiger partial charge in [-0.25, -0.2) is 4.79 Å². The Bertz CT molecular complexity index is 766. The lowest BCUT2D eigenvalue weighted by Gasteiger charge is -2.23. The number of benzene rings is 2. The molecule has 142 valence electrons. The van der Waals surface area contributed by atoms with Crippen LogP contribution in [-0.4, -0.2) is 24.1 Å². The van der Waals surface area contributed by atoms with Gasteiger partial charge in [0.2, 0.25) is 5.91 Å². The predicted octanol–water partition coefficient (Wildman–Crippen LogP) is 3.22. The highest BCUT2D eigenvalue weighted by Gasteiger charge is 2.28. The molecule has 0 fully saturated rings. The topological polar surface area (TPSA) is 67.4 Å². The van der Waals surface area contributed by atoms with Crippen LogP contribution in [0.4, 0.5) is 4.79 Å². The second-order valence-electron chi connectivity index (χ2n) is 7.16. The van der Waals surface area contributed by atoms with Crippen molar-refractivity contribution in [3.8, 4) is 0 Å². The third-order valence-corrected chi connectivity index (χ3v) is 5.10. The Labute approximate surface area is 160 Å². The van der Waals surface area contributed by atoms with Crippen LogP contribution in [0.15, 0.2) is 54.6 Å². The number of rotatable bonds is 6. The van der Waals surface area contributed by atoms with E-state index < -0.39 is 12.1 Å². The Kier molecular flexibility index (Phi) is 6.12. The first-order valence-corrected chi connectivity index (χ1v) is 9.37. The Morgan fingerprint density at radius 3 is 2.19 bits per heavy atom. The smallest absolute Gasteiger partial charge is 0.408 e. The van der Waals surface area contributed by atoms with E-state index in [1.165, 1.54) is 11.1 Å². The largest absolute Gasteiger partial charge is 0.445 e. The molecule has 0 heterocycles. The van der Waals surface area contributed by atoms with Crippen molar-refractivity contribution in [2.75, 3.05) is 0 Å². The molecular weight excluding hydrogens is 340 g/mol.